The second-order valence-corrected chi connectivity index (χ2v) is 8.16. The lowest BCUT2D eigenvalue weighted by atomic mass is 9.85. The summed E-state index contributed by atoms with van der Waals surface area (Å²) in [6.45, 7) is 2.07. The quantitative estimate of drug-likeness (QED) is 0.524. The van der Waals surface area contributed by atoms with E-state index in [2.05, 4.69) is 54.7 Å². The van der Waals surface area contributed by atoms with Crippen molar-refractivity contribution in [1.29, 1.82) is 0 Å². The van der Waals surface area contributed by atoms with Gasteiger partial charge in [0.2, 0.25) is 0 Å². The molecule has 0 saturated heterocycles. The van der Waals surface area contributed by atoms with Crippen molar-refractivity contribution in [3.05, 3.63) is 112 Å². The van der Waals surface area contributed by atoms with E-state index >= 15 is 0 Å². The van der Waals surface area contributed by atoms with E-state index in [0.29, 0.717) is 6.42 Å². The highest BCUT2D eigenvalue weighted by molar-refractivity contribution is 5.99. The van der Waals surface area contributed by atoms with E-state index in [1.807, 2.05) is 42.5 Å². The third-order valence-corrected chi connectivity index (χ3v) is 5.93. The maximum Gasteiger partial charge on any atom is 0.164 e. The van der Waals surface area contributed by atoms with Crippen LogP contribution in [-0.2, 0) is 9.53 Å². The Balaban J connectivity index is 1.60. The molecular weight excluding hydrogens is 382 g/mol. The van der Waals surface area contributed by atoms with Gasteiger partial charge in [0.05, 0.1) is 5.57 Å². The fourth-order valence-electron chi connectivity index (χ4n) is 4.32. The van der Waals surface area contributed by atoms with Gasteiger partial charge in [-0.3, -0.25) is 4.79 Å². The summed E-state index contributed by atoms with van der Waals surface area (Å²) in [7, 11) is 0. The van der Waals surface area contributed by atoms with Gasteiger partial charge in [-0.05, 0) is 43.5 Å². The number of hydrogen-bond donors (Lipinski definition) is 1. The van der Waals surface area contributed by atoms with Crippen molar-refractivity contribution >= 4 is 23.3 Å². The van der Waals surface area contributed by atoms with Crippen LogP contribution in [-0.4, -0.2) is 5.78 Å². The minimum atomic E-state index is -0.419. The fourth-order valence-corrected chi connectivity index (χ4v) is 4.32. The minimum absolute atomic E-state index is 0.162. The monoisotopic (exact) mass is 407 g/mol. The predicted molar refractivity (Wildman–Crippen MR) is 125 cm³/mol. The molecule has 0 amide bonds. The molecule has 3 nitrogen and oxygen atoms in total. The first-order valence-electron chi connectivity index (χ1n) is 10.8. The number of ketones is 1. The number of hydrogen-bond acceptors (Lipinski definition) is 3. The van der Waals surface area contributed by atoms with Crippen LogP contribution < -0.4 is 5.32 Å². The van der Waals surface area contributed by atoms with Gasteiger partial charge in [-0.2, -0.15) is 0 Å². The molecule has 3 heteroatoms. The number of aryl methyl sites for hydroxylation is 1. The number of benzene rings is 3. The van der Waals surface area contributed by atoms with Crippen LogP contribution in [0.5, 0.6) is 0 Å². The molecule has 0 fully saturated rings. The van der Waals surface area contributed by atoms with Crippen molar-refractivity contribution in [3.63, 3.8) is 0 Å². The zero-order chi connectivity index (χ0) is 21.2. The number of anilines is 1. The Morgan fingerprint density at radius 2 is 1.61 bits per heavy atom. The first-order valence-corrected chi connectivity index (χ1v) is 10.8. The Morgan fingerprint density at radius 1 is 0.871 bits per heavy atom. The van der Waals surface area contributed by atoms with Gasteiger partial charge < -0.3 is 10.1 Å². The lowest BCUT2D eigenvalue weighted by Gasteiger charge is -2.32. The standard InChI is InChI=1S/C28H25NO2/c1-19-14-16-22(17-15-19)29-24-12-7-13-25(30)27(24)28-23-11-6-5-10-21(23)18-26(31-28)20-8-3-2-4-9-20/h2-6,8-11,14-18,28-29H,7,12-13H2,1H3. The van der Waals surface area contributed by atoms with Gasteiger partial charge in [-0.15, -0.1) is 0 Å². The molecule has 0 bridgehead atoms. The summed E-state index contributed by atoms with van der Waals surface area (Å²) < 4.78 is 6.54. The van der Waals surface area contributed by atoms with E-state index in [1.165, 1.54) is 5.56 Å². The third-order valence-electron chi connectivity index (χ3n) is 5.93. The van der Waals surface area contributed by atoms with E-state index in [9.17, 15) is 4.79 Å². The first-order chi connectivity index (χ1) is 15.2. The molecule has 5 rings (SSSR count). The summed E-state index contributed by atoms with van der Waals surface area (Å²) in [4.78, 5) is 13.2. The molecule has 0 saturated carbocycles. The number of rotatable bonds is 4. The maximum atomic E-state index is 13.2. The van der Waals surface area contributed by atoms with Crippen LogP contribution >= 0.6 is 0 Å². The van der Waals surface area contributed by atoms with E-state index in [-0.39, 0.29) is 5.78 Å². The van der Waals surface area contributed by atoms with Crippen molar-refractivity contribution in [2.75, 3.05) is 5.32 Å². The van der Waals surface area contributed by atoms with Gasteiger partial charge >= 0.3 is 0 Å². The average Bonchev–Trinajstić information content (AvgIpc) is 2.81. The summed E-state index contributed by atoms with van der Waals surface area (Å²) in [5.41, 5.74) is 7.07. The predicted octanol–water partition coefficient (Wildman–Crippen LogP) is 6.68. The zero-order valence-electron chi connectivity index (χ0n) is 17.6. The van der Waals surface area contributed by atoms with Crippen molar-refractivity contribution in [2.24, 2.45) is 0 Å². The van der Waals surface area contributed by atoms with Crippen molar-refractivity contribution < 1.29 is 9.53 Å². The van der Waals surface area contributed by atoms with Gasteiger partial charge in [-0.25, -0.2) is 0 Å². The molecule has 31 heavy (non-hydrogen) atoms. The molecule has 2 aliphatic rings. The molecule has 1 N–H and O–H groups in total. The molecule has 0 aromatic heterocycles. The SMILES string of the molecule is Cc1ccc(NC2=C(C3OC(c4ccccc4)=Cc4ccccc43)C(=O)CCC2)cc1. The largest absolute Gasteiger partial charge is 0.480 e. The Labute approximate surface area is 183 Å². The van der Waals surface area contributed by atoms with Gasteiger partial charge in [0.1, 0.15) is 5.76 Å². The van der Waals surface area contributed by atoms with E-state index in [0.717, 1.165) is 52.2 Å². The zero-order valence-corrected chi connectivity index (χ0v) is 17.6. The lowest BCUT2D eigenvalue weighted by Crippen LogP contribution is -2.24. The second-order valence-electron chi connectivity index (χ2n) is 8.16. The van der Waals surface area contributed by atoms with Crippen LogP contribution in [0.1, 0.15) is 47.6 Å². The van der Waals surface area contributed by atoms with Gasteiger partial charge in [0.25, 0.3) is 0 Å². The number of carbonyl (C=O) groups is 1. The number of allylic oxidation sites excluding steroid dienone is 1. The molecule has 1 unspecified atom stereocenters. The highest BCUT2D eigenvalue weighted by Gasteiger charge is 2.34. The maximum absolute atomic E-state index is 13.2. The fraction of sp³-hybridized carbons (Fsp3) is 0.179. The van der Waals surface area contributed by atoms with E-state index in [4.69, 9.17) is 4.74 Å². The summed E-state index contributed by atoms with van der Waals surface area (Å²) in [6, 6.07) is 26.6. The normalized spacial score (nSPS) is 18.2. The number of carbonyl (C=O) groups excluding carboxylic acids is 1. The minimum Gasteiger partial charge on any atom is -0.480 e. The van der Waals surface area contributed by atoms with Crippen LogP contribution in [0.25, 0.3) is 11.8 Å². The molecule has 0 spiro atoms. The van der Waals surface area contributed by atoms with Crippen LogP contribution in [0.15, 0.2) is 90.1 Å². The Kier molecular flexibility index (Phi) is 5.17. The summed E-state index contributed by atoms with van der Waals surface area (Å²) in [5.74, 6) is 0.958. The number of nitrogens with one attached hydrogen (secondary N) is 1. The molecule has 1 heterocycles. The number of fused-ring (bicyclic) bond motifs is 1. The molecule has 0 radical (unpaired) electrons. The molecule has 154 valence electrons. The average molecular weight is 408 g/mol. The van der Waals surface area contributed by atoms with Gasteiger partial charge in [-0.1, -0.05) is 72.3 Å². The number of ether oxygens (including phenoxy) is 1. The van der Waals surface area contributed by atoms with Crippen LogP contribution in [0, 0.1) is 6.92 Å². The first kappa shape index (κ1) is 19.4. The lowest BCUT2D eigenvalue weighted by molar-refractivity contribution is -0.117. The van der Waals surface area contributed by atoms with E-state index in [1.54, 1.807) is 0 Å². The molecular formula is C28H25NO2. The summed E-state index contributed by atoms with van der Waals surface area (Å²) in [5, 5.41) is 3.53. The summed E-state index contributed by atoms with van der Waals surface area (Å²) >= 11 is 0. The molecule has 3 aromatic carbocycles. The Hall–Kier alpha value is -3.59. The molecule has 1 aliphatic heterocycles. The molecule has 3 aromatic rings. The Bertz CT molecular complexity index is 1170. The highest BCUT2D eigenvalue weighted by atomic mass is 16.5. The van der Waals surface area contributed by atoms with Crippen molar-refractivity contribution in [3.8, 4) is 0 Å². The summed E-state index contributed by atoms with van der Waals surface area (Å²) in [6.07, 6.45) is 3.90. The topological polar surface area (TPSA) is 38.3 Å². The van der Waals surface area contributed by atoms with Gasteiger partial charge in [0, 0.05) is 28.9 Å². The molecule has 1 atom stereocenters. The van der Waals surface area contributed by atoms with Gasteiger partial charge in [0.15, 0.2) is 11.9 Å². The van der Waals surface area contributed by atoms with E-state index < -0.39 is 6.10 Å². The van der Waals surface area contributed by atoms with Crippen molar-refractivity contribution in [1.82, 2.24) is 0 Å². The van der Waals surface area contributed by atoms with Crippen LogP contribution in [0.2, 0.25) is 0 Å². The second kappa shape index (κ2) is 8.27. The smallest absolute Gasteiger partial charge is 0.164 e. The number of Topliss-reactive ketones (excluding diaryl/α,β-unsaturated/α-hetero) is 1. The molecule has 1 aliphatic carbocycles. The third kappa shape index (κ3) is 3.91. The van der Waals surface area contributed by atoms with Crippen LogP contribution in [0.3, 0.4) is 0 Å². The Morgan fingerprint density at radius 3 is 2.42 bits per heavy atom. The van der Waals surface area contributed by atoms with Crippen molar-refractivity contribution in [2.45, 2.75) is 32.3 Å². The highest BCUT2D eigenvalue weighted by Crippen LogP contribution is 2.43. The van der Waals surface area contributed by atoms with Crippen LogP contribution in [0.4, 0.5) is 5.69 Å².